The Morgan fingerprint density at radius 3 is 2.83 bits per heavy atom. The van der Waals surface area contributed by atoms with Gasteiger partial charge in [-0.05, 0) is 24.0 Å². The molecule has 1 unspecified atom stereocenters. The van der Waals surface area contributed by atoms with Crippen LogP contribution in [0.15, 0.2) is 29.3 Å². The number of nitrogens with one attached hydrogen (secondary N) is 1. The third-order valence-electron chi connectivity index (χ3n) is 3.22. The van der Waals surface area contributed by atoms with Gasteiger partial charge in [0.25, 0.3) is 0 Å². The molecule has 3 heteroatoms. The molecule has 1 aliphatic heterocycles. The highest BCUT2D eigenvalue weighted by Gasteiger charge is 2.21. The number of nitrogens with zero attached hydrogens (tertiary/aromatic N) is 1. The smallest absolute Gasteiger partial charge is 0.161 e. The Morgan fingerprint density at radius 1 is 1.39 bits per heavy atom. The van der Waals surface area contributed by atoms with Gasteiger partial charge in [0.2, 0.25) is 0 Å². The lowest BCUT2D eigenvalue weighted by molar-refractivity contribution is 0.543. The van der Waals surface area contributed by atoms with Crippen LogP contribution in [0, 0.1) is 5.92 Å². The summed E-state index contributed by atoms with van der Waals surface area (Å²) in [4.78, 5) is 4.75. The lowest BCUT2D eigenvalue weighted by Gasteiger charge is -2.10. The van der Waals surface area contributed by atoms with Gasteiger partial charge in [0, 0.05) is 11.4 Å². The van der Waals surface area contributed by atoms with Crippen molar-refractivity contribution in [2.75, 3.05) is 11.1 Å². The first-order chi connectivity index (χ1) is 8.70. The maximum absolute atomic E-state index is 4.75. The molecule has 0 bridgehead atoms. The molecule has 0 radical (unpaired) electrons. The van der Waals surface area contributed by atoms with E-state index in [1.54, 1.807) is 0 Å². The second-order valence-corrected chi connectivity index (χ2v) is 6.10. The molecule has 1 aromatic carbocycles. The Kier molecular flexibility index (Phi) is 4.70. The standard InChI is InChI=1S/C15H22N2S/c1-4-7-12-8-5-6-9-13(12)16-15-17-14(10-18-15)11(2)3/h5-6,8-9,11,14H,4,7,10H2,1-3H3,(H,16,17). The second-order valence-electron chi connectivity index (χ2n) is 5.09. The van der Waals surface area contributed by atoms with Crippen LogP contribution in [0.3, 0.4) is 0 Å². The number of rotatable bonds is 4. The van der Waals surface area contributed by atoms with Gasteiger partial charge in [-0.15, -0.1) is 0 Å². The molecule has 0 saturated heterocycles. The second kappa shape index (κ2) is 6.28. The van der Waals surface area contributed by atoms with Gasteiger partial charge >= 0.3 is 0 Å². The zero-order chi connectivity index (χ0) is 13.0. The van der Waals surface area contributed by atoms with Crippen molar-refractivity contribution in [3.8, 4) is 0 Å². The van der Waals surface area contributed by atoms with Crippen molar-refractivity contribution in [3.05, 3.63) is 29.8 Å². The van der Waals surface area contributed by atoms with Crippen LogP contribution in [-0.2, 0) is 6.42 Å². The molecule has 1 aromatic rings. The van der Waals surface area contributed by atoms with Crippen LogP contribution in [-0.4, -0.2) is 17.0 Å². The molecule has 0 saturated carbocycles. The number of anilines is 1. The maximum atomic E-state index is 4.75. The molecule has 1 heterocycles. The molecular formula is C15H22N2S. The van der Waals surface area contributed by atoms with E-state index in [1.807, 2.05) is 11.8 Å². The molecule has 1 N–H and O–H groups in total. The Labute approximate surface area is 114 Å². The summed E-state index contributed by atoms with van der Waals surface area (Å²) in [6, 6.07) is 9.01. The summed E-state index contributed by atoms with van der Waals surface area (Å²) < 4.78 is 0. The molecule has 0 aromatic heterocycles. The lowest BCUT2D eigenvalue weighted by Crippen LogP contribution is -2.12. The molecule has 98 valence electrons. The van der Waals surface area contributed by atoms with Crippen molar-refractivity contribution in [2.45, 2.75) is 39.7 Å². The van der Waals surface area contributed by atoms with Crippen LogP contribution >= 0.6 is 11.8 Å². The van der Waals surface area contributed by atoms with Gasteiger partial charge in [0.15, 0.2) is 5.17 Å². The zero-order valence-corrected chi connectivity index (χ0v) is 12.3. The Balaban J connectivity index is 2.08. The SMILES string of the molecule is CCCc1ccccc1NC1=NC(C(C)C)CS1. The highest BCUT2D eigenvalue weighted by atomic mass is 32.2. The van der Waals surface area contributed by atoms with Crippen molar-refractivity contribution >= 4 is 22.6 Å². The minimum Gasteiger partial charge on any atom is -0.335 e. The molecule has 18 heavy (non-hydrogen) atoms. The number of hydrogen-bond acceptors (Lipinski definition) is 3. The first-order valence-electron chi connectivity index (χ1n) is 6.76. The van der Waals surface area contributed by atoms with Crippen molar-refractivity contribution in [1.82, 2.24) is 0 Å². The molecule has 2 nitrogen and oxygen atoms in total. The van der Waals surface area contributed by atoms with E-state index >= 15 is 0 Å². The topological polar surface area (TPSA) is 24.4 Å². The summed E-state index contributed by atoms with van der Waals surface area (Å²) >= 11 is 1.84. The molecular weight excluding hydrogens is 240 g/mol. The van der Waals surface area contributed by atoms with E-state index in [0.29, 0.717) is 12.0 Å². The van der Waals surface area contributed by atoms with Gasteiger partial charge in [-0.3, -0.25) is 4.99 Å². The third kappa shape index (κ3) is 3.29. The van der Waals surface area contributed by atoms with E-state index in [1.165, 1.54) is 17.7 Å². The van der Waals surface area contributed by atoms with Crippen LogP contribution < -0.4 is 5.32 Å². The Hall–Kier alpha value is -0.960. The van der Waals surface area contributed by atoms with Gasteiger partial charge in [-0.2, -0.15) is 0 Å². The van der Waals surface area contributed by atoms with Crippen molar-refractivity contribution in [3.63, 3.8) is 0 Å². The summed E-state index contributed by atoms with van der Waals surface area (Å²) in [5.74, 6) is 1.73. The average Bonchev–Trinajstić information content (AvgIpc) is 2.81. The van der Waals surface area contributed by atoms with E-state index in [2.05, 4.69) is 50.4 Å². The van der Waals surface area contributed by atoms with Crippen LogP contribution in [0.25, 0.3) is 0 Å². The highest BCUT2D eigenvalue weighted by molar-refractivity contribution is 8.14. The van der Waals surface area contributed by atoms with Gasteiger partial charge in [-0.1, -0.05) is 57.2 Å². The lowest BCUT2D eigenvalue weighted by atomic mass is 10.1. The summed E-state index contributed by atoms with van der Waals surface area (Å²) in [5, 5.41) is 4.57. The van der Waals surface area contributed by atoms with Crippen LogP contribution in [0.1, 0.15) is 32.8 Å². The number of aliphatic imine (C=N–C) groups is 1. The summed E-state index contributed by atoms with van der Waals surface area (Å²) in [6.07, 6.45) is 2.29. The highest BCUT2D eigenvalue weighted by Crippen LogP contribution is 2.26. The summed E-state index contributed by atoms with van der Waals surface area (Å²) in [5.41, 5.74) is 2.60. The van der Waals surface area contributed by atoms with E-state index in [-0.39, 0.29) is 0 Å². The van der Waals surface area contributed by atoms with E-state index in [9.17, 15) is 0 Å². The average molecular weight is 262 g/mol. The summed E-state index contributed by atoms with van der Waals surface area (Å²) in [6.45, 7) is 6.69. The largest absolute Gasteiger partial charge is 0.335 e. The van der Waals surface area contributed by atoms with Crippen LogP contribution in [0.5, 0.6) is 0 Å². The molecule has 0 spiro atoms. The van der Waals surface area contributed by atoms with Gasteiger partial charge < -0.3 is 5.32 Å². The number of benzene rings is 1. The van der Waals surface area contributed by atoms with Gasteiger partial charge in [0.05, 0.1) is 6.04 Å². The first-order valence-corrected chi connectivity index (χ1v) is 7.74. The molecule has 0 fully saturated rings. The zero-order valence-electron chi connectivity index (χ0n) is 11.4. The summed E-state index contributed by atoms with van der Waals surface area (Å²) in [7, 11) is 0. The normalized spacial score (nSPS) is 19.1. The van der Waals surface area contributed by atoms with E-state index in [0.717, 1.165) is 17.3 Å². The van der Waals surface area contributed by atoms with Gasteiger partial charge in [0.1, 0.15) is 0 Å². The quantitative estimate of drug-likeness (QED) is 0.880. The first kappa shape index (κ1) is 13.5. The molecule has 2 rings (SSSR count). The minimum atomic E-state index is 0.468. The van der Waals surface area contributed by atoms with Crippen molar-refractivity contribution < 1.29 is 0 Å². The maximum Gasteiger partial charge on any atom is 0.161 e. The Morgan fingerprint density at radius 2 is 2.17 bits per heavy atom. The molecule has 1 atom stereocenters. The predicted octanol–water partition coefficient (Wildman–Crippen LogP) is 4.18. The molecule has 0 aliphatic carbocycles. The number of amidine groups is 1. The van der Waals surface area contributed by atoms with Crippen LogP contribution in [0.2, 0.25) is 0 Å². The monoisotopic (exact) mass is 262 g/mol. The number of para-hydroxylation sites is 1. The number of aryl methyl sites for hydroxylation is 1. The number of thioether (sulfide) groups is 1. The fraction of sp³-hybridized carbons (Fsp3) is 0.533. The van der Waals surface area contributed by atoms with E-state index < -0.39 is 0 Å². The van der Waals surface area contributed by atoms with Crippen LogP contribution in [0.4, 0.5) is 5.69 Å². The fourth-order valence-electron chi connectivity index (χ4n) is 2.04. The minimum absolute atomic E-state index is 0.468. The van der Waals surface area contributed by atoms with E-state index in [4.69, 9.17) is 4.99 Å². The fourth-order valence-corrected chi connectivity index (χ4v) is 3.22. The molecule has 0 amide bonds. The predicted molar refractivity (Wildman–Crippen MR) is 82.6 cm³/mol. The number of hydrogen-bond donors (Lipinski definition) is 1. The Bertz CT molecular complexity index is 426. The molecule has 1 aliphatic rings. The van der Waals surface area contributed by atoms with Crippen molar-refractivity contribution in [1.29, 1.82) is 0 Å². The van der Waals surface area contributed by atoms with Gasteiger partial charge in [-0.25, -0.2) is 0 Å². The third-order valence-corrected chi connectivity index (χ3v) is 4.21. The van der Waals surface area contributed by atoms with Crippen molar-refractivity contribution in [2.24, 2.45) is 10.9 Å².